The van der Waals surface area contributed by atoms with Crippen molar-refractivity contribution in [2.24, 2.45) is 5.73 Å². The van der Waals surface area contributed by atoms with Crippen LogP contribution in [0.4, 0.5) is 0 Å². The molecule has 0 atom stereocenters. The van der Waals surface area contributed by atoms with Crippen LogP contribution in [0.2, 0.25) is 39.3 Å². The molecule has 0 fully saturated rings. The molecule has 0 aliphatic carbocycles. The van der Waals surface area contributed by atoms with Crippen LogP contribution >= 0.6 is 0 Å². The topological polar surface area (TPSA) is 29.3 Å². The van der Waals surface area contributed by atoms with Crippen LogP contribution in [0.3, 0.4) is 0 Å². The van der Waals surface area contributed by atoms with Crippen LogP contribution in [0.1, 0.15) is 0 Å². The van der Waals surface area contributed by atoms with Gasteiger partial charge in [-0.05, 0) is 6.54 Å². The van der Waals surface area contributed by atoms with E-state index in [1.807, 2.05) is 0 Å². The molecule has 0 aliphatic heterocycles. The molecule has 4 heteroatoms. The van der Waals surface area contributed by atoms with Crippen LogP contribution in [0.25, 0.3) is 0 Å². The Morgan fingerprint density at radius 2 is 1.25 bits per heavy atom. The van der Waals surface area contributed by atoms with Gasteiger partial charge in [0.1, 0.15) is 16.5 Å². The third-order valence-electron chi connectivity index (χ3n) is 1.97. The van der Waals surface area contributed by atoms with Gasteiger partial charge < -0.3 is 9.96 Å². The van der Waals surface area contributed by atoms with E-state index in [1.165, 1.54) is 0 Å². The molecule has 0 saturated heterocycles. The molecule has 0 radical (unpaired) electrons. The van der Waals surface area contributed by atoms with Crippen molar-refractivity contribution in [2.45, 2.75) is 39.3 Å². The molecule has 0 rings (SSSR count). The van der Waals surface area contributed by atoms with Gasteiger partial charge in [-0.2, -0.15) is 0 Å². The summed E-state index contributed by atoms with van der Waals surface area (Å²) in [5, 5.41) is 0. The summed E-state index contributed by atoms with van der Waals surface area (Å²) in [5.41, 5.74) is 5.63. The van der Waals surface area contributed by atoms with Crippen molar-refractivity contribution in [1.29, 1.82) is 0 Å². The third kappa shape index (κ3) is 3.84. The molecule has 0 aromatic heterocycles. The normalized spacial score (nSPS) is 14.0. The van der Waals surface area contributed by atoms with Gasteiger partial charge in [-0.25, -0.2) is 0 Å². The summed E-state index contributed by atoms with van der Waals surface area (Å²) in [6, 6.07) is 0. The van der Waals surface area contributed by atoms with Crippen LogP contribution in [0.5, 0.6) is 0 Å². The van der Waals surface area contributed by atoms with Gasteiger partial charge in [0.05, 0.1) is 0 Å². The Labute approximate surface area is 79.3 Å². The molecular weight excluding hydrogens is 180 g/mol. The number of hydrogen-bond acceptors (Lipinski definition) is 2. The van der Waals surface area contributed by atoms with Crippen molar-refractivity contribution in [2.75, 3.05) is 13.1 Å². The quantitative estimate of drug-likeness (QED) is 0.709. The molecular formula is C8H24N2Si2. The van der Waals surface area contributed by atoms with Crippen molar-refractivity contribution < 1.29 is 0 Å². The molecule has 0 spiro atoms. The monoisotopic (exact) mass is 204 g/mol. The van der Waals surface area contributed by atoms with Gasteiger partial charge in [0.15, 0.2) is 0 Å². The molecule has 0 unspecified atom stereocenters. The average Bonchev–Trinajstić information content (AvgIpc) is 1.77. The molecule has 12 heavy (non-hydrogen) atoms. The standard InChI is InChI=1S/C8H24N2Si2/c1-11(2,3)10(8-7-9)12(4,5)6/h7-9H2,1-6H3. The molecule has 74 valence electrons. The highest BCUT2D eigenvalue weighted by atomic mass is 28.4. The van der Waals surface area contributed by atoms with Gasteiger partial charge in [0.25, 0.3) is 0 Å². The molecule has 0 heterocycles. The Morgan fingerprint density at radius 3 is 1.33 bits per heavy atom. The molecule has 2 N–H and O–H groups in total. The van der Waals surface area contributed by atoms with Gasteiger partial charge in [-0.1, -0.05) is 39.3 Å². The van der Waals surface area contributed by atoms with E-state index in [4.69, 9.17) is 5.73 Å². The number of nitrogens with zero attached hydrogens (tertiary/aromatic N) is 1. The molecule has 0 saturated carbocycles. The Bertz CT molecular complexity index is 121. The van der Waals surface area contributed by atoms with E-state index in [9.17, 15) is 0 Å². The maximum atomic E-state index is 5.63. The lowest BCUT2D eigenvalue weighted by Crippen LogP contribution is -2.60. The summed E-state index contributed by atoms with van der Waals surface area (Å²) < 4.78 is 2.71. The van der Waals surface area contributed by atoms with E-state index < -0.39 is 16.5 Å². The zero-order chi connectivity index (χ0) is 9.99. The third-order valence-corrected chi connectivity index (χ3v) is 9.68. The van der Waals surface area contributed by atoms with E-state index in [2.05, 4.69) is 43.5 Å². The summed E-state index contributed by atoms with van der Waals surface area (Å²) in [6.45, 7) is 16.3. The van der Waals surface area contributed by atoms with Crippen LogP contribution in [0, 0.1) is 0 Å². The van der Waals surface area contributed by atoms with Gasteiger partial charge in [-0.3, -0.25) is 0 Å². The van der Waals surface area contributed by atoms with Gasteiger partial charge in [0.2, 0.25) is 0 Å². The largest absolute Gasteiger partial charge is 0.345 e. The van der Waals surface area contributed by atoms with E-state index >= 15 is 0 Å². The Morgan fingerprint density at radius 1 is 0.917 bits per heavy atom. The first kappa shape index (κ1) is 12.4. The molecule has 0 bridgehead atoms. The average molecular weight is 204 g/mol. The fraction of sp³-hybridized carbons (Fsp3) is 1.00. The smallest absolute Gasteiger partial charge is 0.112 e. The molecule has 0 aliphatic rings. The first-order valence-corrected chi connectivity index (χ1v) is 11.6. The minimum Gasteiger partial charge on any atom is -0.345 e. The van der Waals surface area contributed by atoms with Crippen LogP contribution in [-0.4, -0.2) is 33.8 Å². The summed E-state index contributed by atoms with van der Waals surface area (Å²) in [5.74, 6) is 0. The Kier molecular flexibility index (Phi) is 4.16. The van der Waals surface area contributed by atoms with Crippen molar-refractivity contribution >= 4 is 16.5 Å². The molecule has 0 aromatic rings. The molecule has 0 aromatic carbocycles. The summed E-state index contributed by atoms with van der Waals surface area (Å²) in [4.78, 5) is 0. The lowest BCUT2D eigenvalue weighted by Gasteiger charge is -2.43. The van der Waals surface area contributed by atoms with Gasteiger partial charge >= 0.3 is 0 Å². The first-order valence-electron chi connectivity index (χ1n) is 4.67. The molecule has 2 nitrogen and oxygen atoms in total. The Balaban J connectivity index is 4.45. The van der Waals surface area contributed by atoms with Crippen molar-refractivity contribution in [1.82, 2.24) is 4.23 Å². The van der Waals surface area contributed by atoms with E-state index in [-0.39, 0.29) is 0 Å². The lowest BCUT2D eigenvalue weighted by atomic mass is 10.7. The van der Waals surface area contributed by atoms with E-state index in [0.29, 0.717) is 0 Å². The molecule has 0 amide bonds. The summed E-state index contributed by atoms with van der Waals surface area (Å²) >= 11 is 0. The second-order valence-electron chi connectivity index (χ2n) is 5.28. The van der Waals surface area contributed by atoms with Crippen molar-refractivity contribution in [3.8, 4) is 0 Å². The maximum Gasteiger partial charge on any atom is 0.112 e. The van der Waals surface area contributed by atoms with Gasteiger partial charge in [-0.15, -0.1) is 0 Å². The predicted molar refractivity (Wildman–Crippen MR) is 62.5 cm³/mol. The number of rotatable bonds is 4. The highest BCUT2D eigenvalue weighted by Gasteiger charge is 2.33. The minimum absolute atomic E-state index is 0.800. The lowest BCUT2D eigenvalue weighted by molar-refractivity contribution is 0.621. The fourth-order valence-corrected chi connectivity index (χ4v) is 11.5. The zero-order valence-corrected chi connectivity index (χ0v) is 11.4. The predicted octanol–water partition coefficient (Wildman–Crippen LogP) is 1.92. The number of hydrogen-bond donors (Lipinski definition) is 1. The highest BCUT2D eigenvalue weighted by molar-refractivity contribution is 6.89. The fourth-order valence-electron chi connectivity index (χ4n) is 1.81. The SMILES string of the molecule is C[Si](C)(C)N(CCN)[Si](C)(C)C. The minimum atomic E-state index is -1.13. The zero-order valence-electron chi connectivity index (χ0n) is 9.44. The van der Waals surface area contributed by atoms with Crippen LogP contribution in [-0.2, 0) is 0 Å². The summed E-state index contributed by atoms with van der Waals surface area (Å²) in [6.07, 6.45) is 0. The Hall–Kier alpha value is 0.354. The van der Waals surface area contributed by atoms with Crippen LogP contribution < -0.4 is 5.73 Å². The second kappa shape index (κ2) is 4.04. The number of nitrogens with two attached hydrogens (primary N) is 1. The van der Waals surface area contributed by atoms with Gasteiger partial charge in [0, 0.05) is 6.54 Å². The van der Waals surface area contributed by atoms with Crippen molar-refractivity contribution in [3.05, 3.63) is 0 Å². The highest BCUT2D eigenvalue weighted by Crippen LogP contribution is 2.18. The van der Waals surface area contributed by atoms with E-state index in [0.717, 1.165) is 13.1 Å². The van der Waals surface area contributed by atoms with Crippen molar-refractivity contribution in [3.63, 3.8) is 0 Å². The summed E-state index contributed by atoms with van der Waals surface area (Å²) in [7, 11) is -2.26. The first-order chi connectivity index (χ1) is 5.19. The van der Waals surface area contributed by atoms with Crippen LogP contribution in [0.15, 0.2) is 0 Å². The maximum absolute atomic E-state index is 5.63. The van der Waals surface area contributed by atoms with E-state index in [1.54, 1.807) is 0 Å². The second-order valence-corrected chi connectivity index (χ2v) is 15.5.